The number of rotatable bonds is 8. The first-order chi connectivity index (χ1) is 11.8. The third-order valence-electron chi connectivity index (χ3n) is 3.30. The Kier molecular flexibility index (Phi) is 7.71. The number of nitrogens with one attached hydrogen (secondary N) is 1. The summed E-state index contributed by atoms with van der Waals surface area (Å²) >= 11 is 4.62. The number of benzene rings is 1. The molecule has 0 unspecified atom stereocenters. The van der Waals surface area contributed by atoms with Crippen LogP contribution in [0.4, 0.5) is 4.39 Å². The molecule has 2 aromatic rings. The summed E-state index contributed by atoms with van der Waals surface area (Å²) in [5.74, 6) is 1.24. The molecule has 136 valence electrons. The number of hydrogen-bond donors (Lipinski definition) is 1. The van der Waals surface area contributed by atoms with E-state index in [1.54, 1.807) is 23.9 Å². The number of aromatic nitrogens is 2. The van der Waals surface area contributed by atoms with Crippen LogP contribution in [0.2, 0.25) is 0 Å². The van der Waals surface area contributed by atoms with E-state index in [1.165, 1.54) is 35.2 Å². The SMILES string of the molecule is CC(C)CSc1nnc(S[C@@H](C)C(=O)N[C@H](C)c2ccc(F)cc2)s1. The molecule has 1 amide bonds. The van der Waals surface area contributed by atoms with Gasteiger partial charge in [0.25, 0.3) is 0 Å². The second kappa shape index (κ2) is 9.54. The number of halogens is 1. The van der Waals surface area contributed by atoms with Gasteiger partial charge in [-0.25, -0.2) is 4.39 Å². The molecule has 0 spiro atoms. The Labute approximate surface area is 160 Å². The molecule has 2 rings (SSSR count). The fourth-order valence-corrected chi connectivity index (χ4v) is 5.06. The van der Waals surface area contributed by atoms with E-state index >= 15 is 0 Å². The number of hydrogen-bond acceptors (Lipinski definition) is 6. The Hall–Kier alpha value is -1.12. The summed E-state index contributed by atoms with van der Waals surface area (Å²) in [4.78, 5) is 12.4. The topological polar surface area (TPSA) is 54.9 Å². The summed E-state index contributed by atoms with van der Waals surface area (Å²) in [5.41, 5.74) is 0.871. The van der Waals surface area contributed by atoms with Crippen molar-refractivity contribution in [3.05, 3.63) is 35.6 Å². The van der Waals surface area contributed by atoms with Gasteiger partial charge in [-0.3, -0.25) is 4.79 Å². The number of amides is 1. The molecule has 0 fully saturated rings. The van der Waals surface area contributed by atoms with Crippen molar-refractivity contribution in [2.45, 2.75) is 47.7 Å². The maximum Gasteiger partial charge on any atom is 0.233 e. The van der Waals surface area contributed by atoms with Gasteiger partial charge in [-0.2, -0.15) is 0 Å². The Bertz CT molecular complexity index is 691. The molecule has 1 heterocycles. The van der Waals surface area contributed by atoms with E-state index in [4.69, 9.17) is 0 Å². The van der Waals surface area contributed by atoms with Crippen LogP contribution in [0.3, 0.4) is 0 Å². The van der Waals surface area contributed by atoms with Crippen LogP contribution >= 0.6 is 34.9 Å². The van der Waals surface area contributed by atoms with Crippen LogP contribution < -0.4 is 5.32 Å². The average Bonchev–Trinajstić information content (AvgIpc) is 3.00. The van der Waals surface area contributed by atoms with Crippen molar-refractivity contribution in [2.75, 3.05) is 5.75 Å². The van der Waals surface area contributed by atoms with Gasteiger partial charge in [0.05, 0.1) is 11.3 Å². The van der Waals surface area contributed by atoms with Crippen LogP contribution in [0, 0.1) is 11.7 Å². The zero-order chi connectivity index (χ0) is 18.4. The van der Waals surface area contributed by atoms with Crippen molar-refractivity contribution < 1.29 is 9.18 Å². The highest BCUT2D eigenvalue weighted by Crippen LogP contribution is 2.32. The van der Waals surface area contributed by atoms with Crippen LogP contribution in [-0.2, 0) is 4.79 Å². The number of nitrogens with zero attached hydrogens (tertiary/aromatic N) is 2. The van der Waals surface area contributed by atoms with E-state index in [9.17, 15) is 9.18 Å². The highest BCUT2D eigenvalue weighted by Gasteiger charge is 2.19. The molecule has 0 aliphatic carbocycles. The summed E-state index contributed by atoms with van der Waals surface area (Å²) in [6, 6.07) is 5.98. The standard InChI is InChI=1S/C17H22FN3OS3/c1-10(2)9-23-16-20-21-17(25-16)24-12(4)15(22)19-11(3)13-5-7-14(18)8-6-13/h5-8,10-12H,9H2,1-4H3,(H,19,22)/t11-,12+/m1/s1. The molecule has 1 N–H and O–H groups in total. The first-order valence-electron chi connectivity index (χ1n) is 8.04. The van der Waals surface area contributed by atoms with Gasteiger partial charge in [0.15, 0.2) is 8.68 Å². The largest absolute Gasteiger partial charge is 0.349 e. The second-order valence-electron chi connectivity index (χ2n) is 6.08. The van der Waals surface area contributed by atoms with Crippen molar-refractivity contribution in [1.29, 1.82) is 0 Å². The zero-order valence-electron chi connectivity index (χ0n) is 14.7. The Morgan fingerprint density at radius 3 is 2.44 bits per heavy atom. The molecule has 0 aliphatic rings. The van der Waals surface area contributed by atoms with Gasteiger partial charge in [-0.05, 0) is 37.5 Å². The van der Waals surface area contributed by atoms with Crippen molar-refractivity contribution in [2.24, 2.45) is 5.92 Å². The molecule has 1 aromatic carbocycles. The summed E-state index contributed by atoms with van der Waals surface area (Å²) < 4.78 is 14.7. The molecular weight excluding hydrogens is 377 g/mol. The third kappa shape index (κ3) is 6.60. The quantitative estimate of drug-likeness (QED) is 0.647. The zero-order valence-corrected chi connectivity index (χ0v) is 17.1. The monoisotopic (exact) mass is 399 g/mol. The molecule has 2 atom stereocenters. The van der Waals surface area contributed by atoms with Crippen LogP contribution in [0.25, 0.3) is 0 Å². The lowest BCUT2D eigenvalue weighted by atomic mass is 10.1. The summed E-state index contributed by atoms with van der Waals surface area (Å²) in [5, 5.41) is 11.0. The van der Waals surface area contributed by atoms with Gasteiger partial charge < -0.3 is 5.32 Å². The molecule has 0 saturated carbocycles. The molecular formula is C17H22FN3OS3. The van der Waals surface area contributed by atoms with Gasteiger partial charge in [-0.15, -0.1) is 10.2 Å². The molecule has 0 saturated heterocycles. The van der Waals surface area contributed by atoms with Crippen molar-refractivity contribution in [3.63, 3.8) is 0 Å². The lowest BCUT2D eigenvalue weighted by molar-refractivity contribution is -0.120. The lowest BCUT2D eigenvalue weighted by Gasteiger charge is -2.17. The number of carbonyl (C=O) groups excluding carboxylic acids is 1. The fraction of sp³-hybridized carbons (Fsp3) is 0.471. The van der Waals surface area contributed by atoms with Crippen molar-refractivity contribution in [3.8, 4) is 0 Å². The maximum absolute atomic E-state index is 13.0. The average molecular weight is 400 g/mol. The highest BCUT2D eigenvalue weighted by molar-refractivity contribution is 8.03. The van der Waals surface area contributed by atoms with Crippen molar-refractivity contribution >= 4 is 40.8 Å². The third-order valence-corrected chi connectivity index (χ3v) is 6.97. The number of thioether (sulfide) groups is 2. The van der Waals surface area contributed by atoms with Crippen molar-refractivity contribution in [1.82, 2.24) is 15.5 Å². The van der Waals surface area contributed by atoms with Crippen LogP contribution in [0.5, 0.6) is 0 Å². The Balaban J connectivity index is 1.86. The van der Waals surface area contributed by atoms with Gasteiger partial charge in [0.2, 0.25) is 5.91 Å². The maximum atomic E-state index is 13.0. The normalized spacial score (nSPS) is 13.7. The molecule has 25 heavy (non-hydrogen) atoms. The van der Waals surface area contributed by atoms with Gasteiger partial charge in [0.1, 0.15) is 5.82 Å². The first-order valence-corrected chi connectivity index (χ1v) is 10.7. The van der Waals surface area contributed by atoms with Crippen LogP contribution in [0.1, 0.15) is 39.3 Å². The first kappa shape index (κ1) is 20.2. The Morgan fingerprint density at radius 1 is 1.16 bits per heavy atom. The summed E-state index contributed by atoms with van der Waals surface area (Å²) in [6.45, 7) is 8.06. The predicted molar refractivity (Wildman–Crippen MR) is 104 cm³/mol. The van der Waals surface area contributed by atoms with E-state index in [0.717, 1.165) is 20.0 Å². The molecule has 0 aliphatic heterocycles. The van der Waals surface area contributed by atoms with Crippen LogP contribution in [-0.4, -0.2) is 27.1 Å². The summed E-state index contributed by atoms with van der Waals surface area (Å²) in [7, 11) is 0. The van der Waals surface area contributed by atoms with Gasteiger partial charge in [0, 0.05) is 5.75 Å². The van der Waals surface area contributed by atoms with Crippen LogP contribution in [0.15, 0.2) is 32.9 Å². The van der Waals surface area contributed by atoms with E-state index in [2.05, 4.69) is 29.4 Å². The Morgan fingerprint density at radius 2 is 1.80 bits per heavy atom. The molecule has 1 aromatic heterocycles. The molecule has 4 nitrogen and oxygen atoms in total. The molecule has 0 radical (unpaired) electrons. The number of carbonyl (C=O) groups is 1. The van der Waals surface area contributed by atoms with Gasteiger partial charge >= 0.3 is 0 Å². The summed E-state index contributed by atoms with van der Waals surface area (Å²) in [6.07, 6.45) is 0. The van der Waals surface area contributed by atoms with Gasteiger partial charge in [-0.1, -0.05) is 60.8 Å². The minimum atomic E-state index is -0.284. The minimum absolute atomic E-state index is 0.0755. The minimum Gasteiger partial charge on any atom is -0.349 e. The predicted octanol–water partition coefficient (Wildman–Crippen LogP) is 4.78. The highest BCUT2D eigenvalue weighted by atomic mass is 32.2. The molecule has 0 bridgehead atoms. The second-order valence-corrected chi connectivity index (χ2v) is 9.91. The van der Waals surface area contributed by atoms with E-state index in [0.29, 0.717) is 5.92 Å². The lowest BCUT2D eigenvalue weighted by Crippen LogP contribution is -2.33. The smallest absolute Gasteiger partial charge is 0.233 e. The van der Waals surface area contributed by atoms with E-state index < -0.39 is 0 Å². The van der Waals surface area contributed by atoms with E-state index in [-0.39, 0.29) is 23.0 Å². The molecule has 8 heteroatoms. The fourth-order valence-electron chi connectivity index (χ4n) is 1.91. The van der Waals surface area contributed by atoms with E-state index in [1.807, 2.05) is 13.8 Å².